The topological polar surface area (TPSA) is 8.17 Å². The molecule has 0 radical (unpaired) electrons. The fraction of sp³-hybridized carbons (Fsp3) is 0.125. The van der Waals surface area contributed by atoms with Gasteiger partial charge in [0.15, 0.2) is 0 Å². The lowest BCUT2D eigenvalue weighted by atomic mass is 9.82. The van der Waals surface area contributed by atoms with Crippen molar-refractivity contribution in [3.05, 3.63) is 180 Å². The Labute approximate surface area is 293 Å². The predicted molar refractivity (Wildman–Crippen MR) is 211 cm³/mol. The van der Waals surface area contributed by atoms with Gasteiger partial charge in [-0.1, -0.05) is 137 Å². The van der Waals surface area contributed by atoms with Crippen LogP contribution in [0.15, 0.2) is 158 Å². The molecule has 0 saturated heterocycles. The summed E-state index contributed by atoms with van der Waals surface area (Å²) in [6.07, 6.45) is 0. The molecule has 240 valence electrons. The molecule has 7 aromatic carbocycles. The van der Waals surface area contributed by atoms with E-state index in [4.69, 9.17) is 0 Å². The Hall–Kier alpha value is -5.86. The zero-order chi connectivity index (χ0) is 33.8. The van der Waals surface area contributed by atoms with Crippen LogP contribution in [0.3, 0.4) is 0 Å². The lowest BCUT2D eigenvalue weighted by Crippen LogP contribution is -2.17. The highest BCUT2D eigenvalue weighted by Gasteiger charge is 2.39. The lowest BCUT2D eigenvalue weighted by molar-refractivity contribution is 0.660. The zero-order valence-corrected chi connectivity index (χ0v) is 28.9. The van der Waals surface area contributed by atoms with Gasteiger partial charge in [-0.15, -0.1) is 0 Å². The van der Waals surface area contributed by atoms with E-state index in [1.165, 1.54) is 77.7 Å². The van der Waals surface area contributed by atoms with Gasteiger partial charge in [0, 0.05) is 44.2 Å². The first-order valence-electron chi connectivity index (χ1n) is 17.7. The molecule has 1 heterocycles. The van der Waals surface area contributed by atoms with Gasteiger partial charge < -0.3 is 9.47 Å². The van der Waals surface area contributed by atoms with Crippen LogP contribution in [-0.4, -0.2) is 4.57 Å². The monoisotopic (exact) mass is 642 g/mol. The maximum Gasteiger partial charge on any atom is 0.0543 e. The van der Waals surface area contributed by atoms with Gasteiger partial charge in [-0.05, 0) is 87.5 Å². The van der Waals surface area contributed by atoms with Crippen molar-refractivity contribution in [2.24, 2.45) is 0 Å². The number of hydrogen-bond donors (Lipinski definition) is 0. The molecule has 8 aromatic rings. The number of anilines is 3. The Morgan fingerprint density at radius 1 is 0.420 bits per heavy atom. The van der Waals surface area contributed by atoms with Gasteiger partial charge in [-0.2, -0.15) is 0 Å². The van der Waals surface area contributed by atoms with Crippen LogP contribution in [0.1, 0.15) is 49.9 Å². The third-order valence-corrected chi connectivity index (χ3v) is 11.6. The smallest absolute Gasteiger partial charge is 0.0543 e. The summed E-state index contributed by atoms with van der Waals surface area (Å²) in [5.74, 6) is 0. The van der Waals surface area contributed by atoms with Crippen LogP contribution in [-0.2, 0) is 10.8 Å². The molecular formula is C48H38N2. The molecular weight excluding hydrogens is 605 g/mol. The van der Waals surface area contributed by atoms with Gasteiger partial charge in [-0.3, -0.25) is 0 Å². The van der Waals surface area contributed by atoms with E-state index in [0.29, 0.717) is 0 Å². The van der Waals surface area contributed by atoms with E-state index in [0.717, 1.165) is 11.4 Å². The molecule has 2 heteroatoms. The molecule has 0 N–H and O–H groups in total. The minimum Gasteiger partial charge on any atom is -0.310 e. The molecule has 0 aliphatic heterocycles. The number of nitrogens with zero attached hydrogens (tertiary/aromatic N) is 2. The Kier molecular flexibility index (Phi) is 6.01. The van der Waals surface area contributed by atoms with Crippen molar-refractivity contribution in [1.82, 2.24) is 4.57 Å². The molecule has 2 aliphatic rings. The number of rotatable bonds is 4. The lowest BCUT2D eigenvalue weighted by Gasteiger charge is -2.30. The Bertz CT molecular complexity index is 2620. The molecule has 10 rings (SSSR count). The average Bonchev–Trinajstić information content (AvgIpc) is 3.70. The van der Waals surface area contributed by atoms with Gasteiger partial charge in [0.1, 0.15) is 0 Å². The molecule has 1 aromatic heterocycles. The van der Waals surface area contributed by atoms with Crippen LogP contribution in [0.5, 0.6) is 0 Å². The standard InChI is InChI=1S/C48H38N2/c1-47(2)40-22-10-6-20-38(40)46-41(47)23-14-26-45(46)49(33-27-28-35-34-17-5-9-21-39(34)48(3,4)42(35)30-33)31-15-13-16-32(29-31)50-43-24-11-7-18-36(43)37-19-8-12-25-44(37)50/h5-30H,1-4H3. The molecule has 0 fully saturated rings. The van der Waals surface area contributed by atoms with Crippen LogP contribution in [0, 0.1) is 0 Å². The second-order valence-electron chi connectivity index (χ2n) is 15.0. The average molecular weight is 643 g/mol. The summed E-state index contributed by atoms with van der Waals surface area (Å²) < 4.78 is 2.42. The highest BCUT2D eigenvalue weighted by atomic mass is 15.1. The molecule has 0 unspecified atom stereocenters. The molecule has 0 bridgehead atoms. The summed E-state index contributed by atoms with van der Waals surface area (Å²) in [6, 6.07) is 58.5. The van der Waals surface area contributed by atoms with Crippen molar-refractivity contribution < 1.29 is 0 Å². The maximum absolute atomic E-state index is 2.51. The van der Waals surface area contributed by atoms with Gasteiger partial charge in [0.25, 0.3) is 0 Å². The molecule has 0 spiro atoms. The fourth-order valence-corrected chi connectivity index (χ4v) is 9.15. The SMILES string of the molecule is CC1(C)c2ccccc2-c2ccc(N(c3cccc(-n4c5ccccc5c5ccccc54)c3)c3cccc4c3-c3ccccc3C4(C)C)cc21. The predicted octanol–water partition coefficient (Wildman–Crippen LogP) is 12.9. The summed E-state index contributed by atoms with van der Waals surface area (Å²) in [4.78, 5) is 2.51. The molecule has 0 saturated carbocycles. The van der Waals surface area contributed by atoms with Crippen molar-refractivity contribution in [2.75, 3.05) is 4.90 Å². The highest BCUT2D eigenvalue weighted by molar-refractivity contribution is 6.09. The Morgan fingerprint density at radius 2 is 0.960 bits per heavy atom. The third-order valence-electron chi connectivity index (χ3n) is 11.6. The van der Waals surface area contributed by atoms with Crippen LogP contribution in [0.25, 0.3) is 49.7 Å². The number of fused-ring (bicyclic) bond motifs is 9. The molecule has 50 heavy (non-hydrogen) atoms. The highest BCUT2D eigenvalue weighted by Crippen LogP contribution is 2.55. The summed E-state index contributed by atoms with van der Waals surface area (Å²) in [6.45, 7) is 9.47. The van der Waals surface area contributed by atoms with Crippen LogP contribution in [0.2, 0.25) is 0 Å². The van der Waals surface area contributed by atoms with Crippen molar-refractivity contribution in [2.45, 2.75) is 38.5 Å². The quantitative estimate of drug-likeness (QED) is 0.185. The van der Waals surface area contributed by atoms with E-state index in [-0.39, 0.29) is 10.8 Å². The molecule has 2 aliphatic carbocycles. The van der Waals surface area contributed by atoms with Gasteiger partial charge in [-0.25, -0.2) is 0 Å². The Balaban J connectivity index is 1.24. The van der Waals surface area contributed by atoms with Gasteiger partial charge in [0.2, 0.25) is 0 Å². The zero-order valence-electron chi connectivity index (χ0n) is 28.9. The van der Waals surface area contributed by atoms with Crippen molar-refractivity contribution in [3.63, 3.8) is 0 Å². The first kappa shape index (κ1) is 29.1. The minimum atomic E-state index is -0.106. The number of hydrogen-bond acceptors (Lipinski definition) is 1. The van der Waals surface area contributed by atoms with E-state index >= 15 is 0 Å². The summed E-state index contributed by atoms with van der Waals surface area (Å²) in [7, 11) is 0. The van der Waals surface area contributed by atoms with Crippen LogP contribution in [0.4, 0.5) is 17.1 Å². The molecule has 0 atom stereocenters. The van der Waals surface area contributed by atoms with E-state index < -0.39 is 0 Å². The van der Waals surface area contributed by atoms with Crippen LogP contribution >= 0.6 is 0 Å². The fourth-order valence-electron chi connectivity index (χ4n) is 9.15. The van der Waals surface area contributed by atoms with Gasteiger partial charge >= 0.3 is 0 Å². The number of benzene rings is 7. The number of aromatic nitrogens is 1. The van der Waals surface area contributed by atoms with E-state index in [2.05, 4.69) is 195 Å². The summed E-state index contributed by atoms with van der Waals surface area (Å²) in [5, 5.41) is 2.54. The molecule has 0 amide bonds. The van der Waals surface area contributed by atoms with Crippen molar-refractivity contribution in [3.8, 4) is 27.9 Å². The Morgan fingerprint density at radius 3 is 1.70 bits per heavy atom. The minimum absolute atomic E-state index is 0.0972. The van der Waals surface area contributed by atoms with E-state index in [1.54, 1.807) is 0 Å². The third kappa shape index (κ3) is 3.91. The van der Waals surface area contributed by atoms with Crippen molar-refractivity contribution in [1.29, 1.82) is 0 Å². The summed E-state index contributed by atoms with van der Waals surface area (Å²) >= 11 is 0. The van der Waals surface area contributed by atoms with E-state index in [1.807, 2.05) is 0 Å². The van der Waals surface area contributed by atoms with E-state index in [9.17, 15) is 0 Å². The van der Waals surface area contributed by atoms with Gasteiger partial charge in [0.05, 0.1) is 16.7 Å². The first-order chi connectivity index (χ1) is 24.3. The second-order valence-corrected chi connectivity index (χ2v) is 15.0. The normalized spacial score (nSPS) is 14.7. The number of para-hydroxylation sites is 2. The maximum atomic E-state index is 2.51. The first-order valence-corrected chi connectivity index (χ1v) is 17.7. The van der Waals surface area contributed by atoms with Crippen LogP contribution < -0.4 is 4.90 Å². The second kappa shape index (κ2) is 10.3. The largest absolute Gasteiger partial charge is 0.310 e. The van der Waals surface area contributed by atoms with Crippen molar-refractivity contribution >= 4 is 38.9 Å². The molecule has 2 nitrogen and oxygen atoms in total. The summed E-state index contributed by atoms with van der Waals surface area (Å²) in [5.41, 5.74) is 17.7.